The summed E-state index contributed by atoms with van der Waals surface area (Å²) in [6, 6.07) is 5.92. The second-order valence-electron chi connectivity index (χ2n) is 5.15. The summed E-state index contributed by atoms with van der Waals surface area (Å²) in [4.78, 5) is 0. The predicted molar refractivity (Wildman–Crippen MR) is 77.2 cm³/mol. The smallest absolute Gasteiger partial charge is 0.137 e. The fraction of sp³-hybridized carbons (Fsp3) is 0.600. The van der Waals surface area contributed by atoms with Crippen LogP contribution < -0.4 is 5.32 Å². The van der Waals surface area contributed by atoms with E-state index in [0.29, 0.717) is 10.5 Å². The third-order valence-corrected chi connectivity index (χ3v) is 4.49. The number of halogens is 2. The molecule has 1 saturated carbocycles. The zero-order valence-corrected chi connectivity index (χ0v) is 12.5. The van der Waals surface area contributed by atoms with Gasteiger partial charge in [0.1, 0.15) is 5.82 Å². The maximum absolute atomic E-state index is 13.4. The van der Waals surface area contributed by atoms with Crippen molar-refractivity contribution in [2.24, 2.45) is 5.92 Å². The van der Waals surface area contributed by atoms with Gasteiger partial charge < -0.3 is 5.32 Å². The average molecular weight is 314 g/mol. The monoisotopic (exact) mass is 313 g/mol. The molecule has 0 spiro atoms. The van der Waals surface area contributed by atoms with Crippen molar-refractivity contribution in [1.29, 1.82) is 0 Å². The molecule has 1 aromatic carbocycles. The zero-order chi connectivity index (χ0) is 13.0. The van der Waals surface area contributed by atoms with E-state index < -0.39 is 0 Å². The highest BCUT2D eigenvalue weighted by molar-refractivity contribution is 9.10. The second-order valence-corrected chi connectivity index (χ2v) is 5.94. The van der Waals surface area contributed by atoms with Gasteiger partial charge >= 0.3 is 0 Å². The minimum absolute atomic E-state index is 0.156. The van der Waals surface area contributed by atoms with Gasteiger partial charge in [0.2, 0.25) is 0 Å². The molecule has 0 amide bonds. The summed E-state index contributed by atoms with van der Waals surface area (Å²) in [5.41, 5.74) is 1.08. The van der Waals surface area contributed by atoms with Crippen LogP contribution in [0.25, 0.3) is 0 Å². The number of nitrogens with one attached hydrogen (secondary N) is 1. The fourth-order valence-electron chi connectivity index (χ4n) is 2.39. The first-order chi connectivity index (χ1) is 8.72. The summed E-state index contributed by atoms with van der Waals surface area (Å²) < 4.78 is 14.0. The Morgan fingerprint density at radius 3 is 2.89 bits per heavy atom. The van der Waals surface area contributed by atoms with Crippen molar-refractivity contribution in [2.75, 3.05) is 6.54 Å². The number of hydrogen-bond acceptors (Lipinski definition) is 1. The van der Waals surface area contributed by atoms with Crippen molar-refractivity contribution in [3.8, 4) is 0 Å². The SMILES string of the molecule is CCCNC(CCc1cccc(F)c1Br)C1CC1. The van der Waals surface area contributed by atoms with Crippen molar-refractivity contribution in [2.45, 2.75) is 45.1 Å². The molecule has 1 aliphatic rings. The van der Waals surface area contributed by atoms with E-state index in [-0.39, 0.29) is 5.82 Å². The van der Waals surface area contributed by atoms with E-state index >= 15 is 0 Å². The Labute approximate surface area is 117 Å². The average Bonchev–Trinajstić information content (AvgIpc) is 3.18. The lowest BCUT2D eigenvalue weighted by Gasteiger charge is -2.18. The highest BCUT2D eigenvalue weighted by Gasteiger charge is 2.30. The molecular weight excluding hydrogens is 293 g/mol. The number of rotatable bonds is 7. The lowest BCUT2D eigenvalue weighted by Crippen LogP contribution is -2.32. The maximum Gasteiger partial charge on any atom is 0.137 e. The van der Waals surface area contributed by atoms with Crippen LogP contribution in [0, 0.1) is 11.7 Å². The van der Waals surface area contributed by atoms with Crippen LogP contribution in [0.1, 0.15) is 38.2 Å². The molecule has 0 radical (unpaired) electrons. The summed E-state index contributed by atoms with van der Waals surface area (Å²) in [6.07, 6.45) is 5.92. The standard InChI is InChI=1S/C15H21BrFN/c1-2-10-18-14(11-6-7-11)9-8-12-4-3-5-13(17)15(12)16/h3-5,11,14,18H,2,6-10H2,1H3. The summed E-state index contributed by atoms with van der Waals surface area (Å²) in [6.45, 7) is 3.28. The molecule has 0 aromatic heterocycles. The van der Waals surface area contributed by atoms with Crippen molar-refractivity contribution < 1.29 is 4.39 Å². The molecular formula is C15H21BrFN. The molecule has 1 atom stereocenters. The Kier molecular flexibility index (Phi) is 5.19. The van der Waals surface area contributed by atoms with Crippen molar-refractivity contribution in [3.63, 3.8) is 0 Å². The predicted octanol–water partition coefficient (Wildman–Crippen LogP) is 4.30. The summed E-state index contributed by atoms with van der Waals surface area (Å²) in [5.74, 6) is 0.695. The Balaban J connectivity index is 1.90. The molecule has 1 aromatic rings. The molecule has 1 fully saturated rings. The maximum atomic E-state index is 13.4. The van der Waals surface area contributed by atoms with Gasteiger partial charge in [-0.3, -0.25) is 0 Å². The summed E-state index contributed by atoms with van der Waals surface area (Å²) in [5, 5.41) is 3.63. The second kappa shape index (κ2) is 6.67. The molecule has 1 aliphatic carbocycles. The Morgan fingerprint density at radius 1 is 1.44 bits per heavy atom. The molecule has 0 saturated heterocycles. The van der Waals surface area contributed by atoms with E-state index in [1.54, 1.807) is 6.07 Å². The third-order valence-electron chi connectivity index (χ3n) is 3.60. The minimum Gasteiger partial charge on any atom is -0.314 e. The van der Waals surface area contributed by atoms with Crippen LogP contribution in [0.4, 0.5) is 4.39 Å². The van der Waals surface area contributed by atoms with Gasteiger partial charge in [0, 0.05) is 6.04 Å². The van der Waals surface area contributed by atoms with Gasteiger partial charge in [-0.2, -0.15) is 0 Å². The lowest BCUT2D eigenvalue weighted by molar-refractivity contribution is 0.435. The van der Waals surface area contributed by atoms with E-state index in [0.717, 1.165) is 30.9 Å². The summed E-state index contributed by atoms with van der Waals surface area (Å²) >= 11 is 3.34. The first-order valence-electron chi connectivity index (χ1n) is 6.88. The normalized spacial score (nSPS) is 16.8. The molecule has 100 valence electrons. The Hall–Kier alpha value is -0.410. The van der Waals surface area contributed by atoms with Gasteiger partial charge in [0.25, 0.3) is 0 Å². The van der Waals surface area contributed by atoms with E-state index in [1.807, 2.05) is 6.07 Å². The first-order valence-corrected chi connectivity index (χ1v) is 7.68. The number of hydrogen-bond donors (Lipinski definition) is 1. The largest absolute Gasteiger partial charge is 0.314 e. The first kappa shape index (κ1) is 14.0. The molecule has 18 heavy (non-hydrogen) atoms. The van der Waals surface area contributed by atoms with Gasteiger partial charge in [0.05, 0.1) is 4.47 Å². The lowest BCUT2D eigenvalue weighted by atomic mass is 10.0. The highest BCUT2D eigenvalue weighted by atomic mass is 79.9. The van der Waals surface area contributed by atoms with E-state index in [1.165, 1.54) is 25.3 Å². The molecule has 0 bridgehead atoms. The topological polar surface area (TPSA) is 12.0 Å². The van der Waals surface area contributed by atoms with Crippen LogP contribution in [0.3, 0.4) is 0 Å². The van der Waals surface area contributed by atoms with Gasteiger partial charge in [-0.25, -0.2) is 4.39 Å². The van der Waals surface area contributed by atoms with Crippen molar-refractivity contribution >= 4 is 15.9 Å². The minimum atomic E-state index is -0.156. The quantitative estimate of drug-likeness (QED) is 0.791. The van der Waals surface area contributed by atoms with Gasteiger partial charge in [-0.05, 0) is 72.1 Å². The van der Waals surface area contributed by atoms with Gasteiger partial charge in [0.15, 0.2) is 0 Å². The van der Waals surface area contributed by atoms with Crippen molar-refractivity contribution in [3.05, 3.63) is 34.1 Å². The van der Waals surface area contributed by atoms with Crippen LogP contribution in [0.5, 0.6) is 0 Å². The zero-order valence-electron chi connectivity index (χ0n) is 10.9. The Bertz CT molecular complexity index is 390. The molecule has 1 nitrogen and oxygen atoms in total. The highest BCUT2D eigenvalue weighted by Crippen LogP contribution is 2.35. The molecule has 0 aliphatic heterocycles. The van der Waals surface area contributed by atoms with Crippen LogP contribution in [0.15, 0.2) is 22.7 Å². The molecule has 0 heterocycles. The van der Waals surface area contributed by atoms with E-state index in [4.69, 9.17) is 0 Å². The van der Waals surface area contributed by atoms with E-state index in [2.05, 4.69) is 28.2 Å². The number of benzene rings is 1. The fourth-order valence-corrected chi connectivity index (χ4v) is 2.85. The Morgan fingerprint density at radius 2 is 2.22 bits per heavy atom. The van der Waals surface area contributed by atoms with Crippen LogP contribution in [-0.2, 0) is 6.42 Å². The number of aryl methyl sites for hydroxylation is 1. The van der Waals surface area contributed by atoms with Crippen molar-refractivity contribution in [1.82, 2.24) is 5.32 Å². The molecule has 3 heteroatoms. The summed E-state index contributed by atoms with van der Waals surface area (Å²) in [7, 11) is 0. The third kappa shape index (κ3) is 3.79. The van der Waals surface area contributed by atoms with Gasteiger partial charge in [-0.1, -0.05) is 19.1 Å². The van der Waals surface area contributed by atoms with Crippen LogP contribution >= 0.6 is 15.9 Å². The molecule has 1 N–H and O–H groups in total. The van der Waals surface area contributed by atoms with E-state index in [9.17, 15) is 4.39 Å². The van der Waals surface area contributed by atoms with Crippen LogP contribution in [0.2, 0.25) is 0 Å². The van der Waals surface area contributed by atoms with Crippen LogP contribution in [-0.4, -0.2) is 12.6 Å². The van der Waals surface area contributed by atoms with Gasteiger partial charge in [-0.15, -0.1) is 0 Å². The molecule has 1 unspecified atom stereocenters. The molecule has 2 rings (SSSR count).